The van der Waals surface area contributed by atoms with Gasteiger partial charge in [-0.1, -0.05) is 0 Å². The lowest BCUT2D eigenvalue weighted by Gasteiger charge is -2.06. The van der Waals surface area contributed by atoms with Crippen molar-refractivity contribution in [2.75, 3.05) is 19.3 Å². The number of H-pyrrole nitrogens is 1. The molecule has 3 N–H and O–H groups in total. The predicted molar refractivity (Wildman–Crippen MR) is 74.3 cm³/mol. The van der Waals surface area contributed by atoms with E-state index in [0.29, 0.717) is 5.96 Å². The average molecular weight is 266 g/mol. The van der Waals surface area contributed by atoms with E-state index in [1.807, 2.05) is 31.8 Å². The second-order valence-electron chi connectivity index (χ2n) is 3.70. The molecule has 98 valence electrons. The summed E-state index contributed by atoms with van der Waals surface area (Å²) in [7, 11) is 1.64. The Morgan fingerprint density at radius 1 is 1.56 bits per heavy atom. The van der Waals surface area contributed by atoms with Gasteiger partial charge in [-0.2, -0.15) is 22.1 Å². The van der Waals surface area contributed by atoms with E-state index in [-0.39, 0.29) is 0 Å². The fourth-order valence-electron chi connectivity index (χ4n) is 1.43. The molecule has 1 aromatic heterocycles. The first-order chi connectivity index (χ1) is 8.69. The van der Waals surface area contributed by atoms with Gasteiger partial charge in [0.15, 0.2) is 6.19 Å². The monoisotopic (exact) mass is 266 g/mol. The summed E-state index contributed by atoms with van der Waals surface area (Å²) in [5, 5.41) is 21.1. The van der Waals surface area contributed by atoms with Crippen molar-refractivity contribution in [3.8, 4) is 6.19 Å². The lowest BCUT2D eigenvalue weighted by molar-refractivity contribution is 0.931. The summed E-state index contributed by atoms with van der Waals surface area (Å²) < 4.78 is 0. The fourth-order valence-corrected chi connectivity index (χ4v) is 2.45. The van der Waals surface area contributed by atoms with Crippen LogP contribution in [-0.4, -0.2) is 35.5 Å². The molecule has 0 aromatic carbocycles. The highest BCUT2D eigenvalue weighted by molar-refractivity contribution is 7.98. The normalized spacial score (nSPS) is 11.1. The first-order valence-corrected chi connectivity index (χ1v) is 6.78. The van der Waals surface area contributed by atoms with Crippen molar-refractivity contribution >= 4 is 17.7 Å². The number of guanidine groups is 1. The lowest BCUT2D eigenvalue weighted by atomic mass is 10.2. The summed E-state index contributed by atoms with van der Waals surface area (Å²) in [6, 6.07) is 0. The molecule has 6 nitrogen and oxygen atoms in total. The molecule has 0 aliphatic heterocycles. The van der Waals surface area contributed by atoms with E-state index in [2.05, 4.69) is 25.8 Å². The van der Waals surface area contributed by atoms with Crippen LogP contribution < -0.4 is 10.6 Å². The summed E-state index contributed by atoms with van der Waals surface area (Å²) in [6.07, 6.45) is 1.83. The van der Waals surface area contributed by atoms with Crippen molar-refractivity contribution in [3.05, 3.63) is 17.0 Å². The molecule has 0 radical (unpaired) electrons. The number of nitriles is 1. The number of aryl methyl sites for hydroxylation is 2. The van der Waals surface area contributed by atoms with E-state index in [0.717, 1.165) is 29.4 Å². The first kappa shape index (κ1) is 14.4. The molecule has 0 amide bonds. The van der Waals surface area contributed by atoms with Gasteiger partial charge in [-0.05, 0) is 13.8 Å². The number of rotatable bonds is 5. The largest absolute Gasteiger partial charge is 0.355 e. The standard InChI is InChI=1S/C11H18N6S/c1-8-10(9(2)17-16-8)6-18-5-4-14-11(13-3)15-7-12/h4-6H2,1-3H3,(H,16,17)(H2,13,14,15). The van der Waals surface area contributed by atoms with E-state index in [1.165, 1.54) is 5.56 Å². The van der Waals surface area contributed by atoms with Crippen molar-refractivity contribution in [2.24, 2.45) is 4.99 Å². The second-order valence-corrected chi connectivity index (χ2v) is 4.81. The minimum atomic E-state index is 0.508. The van der Waals surface area contributed by atoms with Crippen LogP contribution in [0.1, 0.15) is 17.0 Å². The maximum Gasteiger partial charge on any atom is 0.204 e. The Bertz CT molecular complexity index is 425. The van der Waals surface area contributed by atoms with Gasteiger partial charge in [-0.15, -0.1) is 0 Å². The number of thioether (sulfide) groups is 1. The molecular formula is C11H18N6S. The number of hydrogen-bond donors (Lipinski definition) is 3. The van der Waals surface area contributed by atoms with E-state index in [1.54, 1.807) is 7.05 Å². The lowest BCUT2D eigenvalue weighted by Crippen LogP contribution is -2.35. The van der Waals surface area contributed by atoms with E-state index in [4.69, 9.17) is 5.26 Å². The van der Waals surface area contributed by atoms with Crippen LogP contribution in [0, 0.1) is 25.3 Å². The Hall–Kier alpha value is -1.68. The molecule has 0 unspecified atom stereocenters. The highest BCUT2D eigenvalue weighted by Gasteiger charge is 2.05. The molecule has 18 heavy (non-hydrogen) atoms. The second kappa shape index (κ2) is 7.61. The molecule has 0 spiro atoms. The van der Waals surface area contributed by atoms with Crippen LogP contribution in [0.5, 0.6) is 0 Å². The van der Waals surface area contributed by atoms with Crippen LogP contribution in [0.25, 0.3) is 0 Å². The summed E-state index contributed by atoms with van der Waals surface area (Å²) in [5.74, 6) is 2.39. The first-order valence-electron chi connectivity index (χ1n) is 5.63. The van der Waals surface area contributed by atoms with Gasteiger partial charge in [0.25, 0.3) is 0 Å². The van der Waals surface area contributed by atoms with E-state index >= 15 is 0 Å². The Labute approximate surface area is 111 Å². The molecule has 0 fully saturated rings. The Morgan fingerprint density at radius 3 is 2.89 bits per heavy atom. The van der Waals surface area contributed by atoms with Crippen molar-refractivity contribution in [1.82, 2.24) is 20.8 Å². The third-order valence-electron chi connectivity index (χ3n) is 2.46. The molecule has 0 aliphatic carbocycles. The third kappa shape index (κ3) is 4.30. The fraction of sp³-hybridized carbons (Fsp3) is 0.545. The quantitative estimate of drug-likeness (QED) is 0.242. The van der Waals surface area contributed by atoms with Crippen LogP contribution in [0.4, 0.5) is 0 Å². The van der Waals surface area contributed by atoms with Gasteiger partial charge in [0.05, 0.1) is 5.69 Å². The topological polar surface area (TPSA) is 88.9 Å². The minimum Gasteiger partial charge on any atom is -0.355 e. The SMILES string of the molecule is CN=C(NC#N)NCCSCc1c(C)n[nH]c1C. The molecule has 1 heterocycles. The molecule has 0 bridgehead atoms. The maximum atomic E-state index is 8.46. The van der Waals surface area contributed by atoms with Gasteiger partial charge >= 0.3 is 0 Å². The summed E-state index contributed by atoms with van der Waals surface area (Å²) in [6.45, 7) is 4.81. The van der Waals surface area contributed by atoms with Crippen molar-refractivity contribution in [1.29, 1.82) is 5.26 Å². The maximum absolute atomic E-state index is 8.46. The number of aromatic amines is 1. The zero-order valence-corrected chi connectivity index (χ0v) is 11.7. The van der Waals surface area contributed by atoms with Crippen LogP contribution in [0.2, 0.25) is 0 Å². The molecule has 0 saturated carbocycles. The molecule has 7 heteroatoms. The Morgan fingerprint density at radius 2 is 2.33 bits per heavy atom. The Kier molecular flexibility index (Phi) is 6.08. The van der Waals surface area contributed by atoms with Crippen molar-refractivity contribution < 1.29 is 0 Å². The van der Waals surface area contributed by atoms with Crippen molar-refractivity contribution in [3.63, 3.8) is 0 Å². The highest BCUT2D eigenvalue weighted by Crippen LogP contribution is 2.16. The number of aliphatic imine (C=N–C) groups is 1. The molecule has 0 atom stereocenters. The van der Waals surface area contributed by atoms with Gasteiger partial charge in [0.1, 0.15) is 0 Å². The van der Waals surface area contributed by atoms with E-state index in [9.17, 15) is 0 Å². The molecule has 0 aliphatic rings. The molecule has 1 aromatic rings. The van der Waals surface area contributed by atoms with Crippen LogP contribution >= 0.6 is 11.8 Å². The molecule has 0 saturated heterocycles. The minimum absolute atomic E-state index is 0.508. The number of hydrogen-bond acceptors (Lipinski definition) is 4. The van der Waals surface area contributed by atoms with Gasteiger partial charge in [0, 0.05) is 36.4 Å². The highest BCUT2D eigenvalue weighted by atomic mass is 32.2. The summed E-state index contributed by atoms with van der Waals surface area (Å²) >= 11 is 1.82. The smallest absolute Gasteiger partial charge is 0.204 e. The third-order valence-corrected chi connectivity index (χ3v) is 3.45. The molecular weight excluding hydrogens is 248 g/mol. The van der Waals surface area contributed by atoms with Crippen LogP contribution in [0.3, 0.4) is 0 Å². The number of nitrogens with one attached hydrogen (secondary N) is 3. The summed E-state index contributed by atoms with van der Waals surface area (Å²) in [4.78, 5) is 3.90. The summed E-state index contributed by atoms with van der Waals surface area (Å²) in [5.41, 5.74) is 3.48. The van der Waals surface area contributed by atoms with Gasteiger partial charge in [-0.25, -0.2) is 0 Å². The Balaban J connectivity index is 2.22. The van der Waals surface area contributed by atoms with Crippen LogP contribution in [-0.2, 0) is 5.75 Å². The predicted octanol–water partition coefficient (Wildman–Crippen LogP) is 0.906. The zero-order valence-electron chi connectivity index (χ0n) is 10.9. The van der Waals surface area contributed by atoms with Gasteiger partial charge < -0.3 is 5.32 Å². The van der Waals surface area contributed by atoms with Crippen molar-refractivity contribution in [2.45, 2.75) is 19.6 Å². The average Bonchev–Trinajstić information content (AvgIpc) is 2.68. The zero-order chi connectivity index (χ0) is 13.4. The number of aromatic nitrogens is 2. The van der Waals surface area contributed by atoms with E-state index < -0.39 is 0 Å². The van der Waals surface area contributed by atoms with Gasteiger partial charge in [0.2, 0.25) is 5.96 Å². The van der Waals surface area contributed by atoms with Gasteiger partial charge in [-0.3, -0.25) is 15.4 Å². The van der Waals surface area contributed by atoms with Crippen LogP contribution in [0.15, 0.2) is 4.99 Å². The molecule has 1 rings (SSSR count). The number of nitrogens with zero attached hydrogens (tertiary/aromatic N) is 3.